The summed E-state index contributed by atoms with van der Waals surface area (Å²) < 4.78 is 0. The molecule has 0 spiro atoms. The monoisotopic (exact) mass is 537 g/mol. The topological polar surface area (TPSA) is 6.48 Å². The lowest BCUT2D eigenvalue weighted by Gasteiger charge is -2.43. The Balaban J connectivity index is 1.50. The highest BCUT2D eigenvalue weighted by Crippen LogP contribution is 2.51. The normalized spacial score (nSPS) is 41.4. The quantitative estimate of drug-likeness (QED) is 0.333. The van der Waals surface area contributed by atoms with Crippen molar-refractivity contribution in [2.45, 2.75) is 149 Å². The summed E-state index contributed by atoms with van der Waals surface area (Å²) in [6.45, 7) is 17.5. The first-order valence-electron chi connectivity index (χ1n) is 17.8. The van der Waals surface area contributed by atoms with Crippen molar-refractivity contribution in [1.82, 2.24) is 9.80 Å². The molecule has 222 valence electrons. The molecule has 0 radical (unpaired) electrons. The first-order chi connectivity index (χ1) is 18.9. The van der Waals surface area contributed by atoms with Crippen LogP contribution in [0.15, 0.2) is 24.3 Å². The van der Waals surface area contributed by atoms with Gasteiger partial charge in [0.2, 0.25) is 0 Å². The largest absolute Gasteiger partial charge is 0.297 e. The molecule has 0 amide bonds. The second kappa shape index (κ2) is 13.6. The summed E-state index contributed by atoms with van der Waals surface area (Å²) in [7, 11) is 0. The fourth-order valence-corrected chi connectivity index (χ4v) is 11.0. The van der Waals surface area contributed by atoms with Gasteiger partial charge in [0.25, 0.3) is 0 Å². The number of hydrogen-bond acceptors (Lipinski definition) is 2. The van der Waals surface area contributed by atoms with Gasteiger partial charge in [-0.25, -0.2) is 0 Å². The van der Waals surface area contributed by atoms with Crippen molar-refractivity contribution in [3.05, 3.63) is 24.3 Å². The van der Waals surface area contributed by atoms with Crippen LogP contribution in [0.25, 0.3) is 0 Å². The average Bonchev–Trinajstić information content (AvgIpc) is 3.47. The molecule has 5 unspecified atom stereocenters. The van der Waals surface area contributed by atoms with Crippen molar-refractivity contribution in [2.24, 2.45) is 47.3 Å². The van der Waals surface area contributed by atoms with E-state index in [9.17, 15) is 0 Å². The molecule has 4 fully saturated rings. The Morgan fingerprint density at radius 2 is 1.00 bits per heavy atom. The maximum Gasteiger partial charge on any atom is 0.0167 e. The Bertz CT molecular complexity index is 746. The van der Waals surface area contributed by atoms with Gasteiger partial charge in [-0.3, -0.25) is 9.80 Å². The van der Waals surface area contributed by atoms with Gasteiger partial charge in [0.1, 0.15) is 0 Å². The summed E-state index contributed by atoms with van der Waals surface area (Å²) in [4.78, 5) is 6.17. The van der Waals surface area contributed by atoms with Gasteiger partial charge in [0.15, 0.2) is 0 Å². The van der Waals surface area contributed by atoms with E-state index in [0.29, 0.717) is 12.1 Å². The van der Waals surface area contributed by atoms with Gasteiger partial charge in [-0.1, -0.05) is 104 Å². The number of rotatable bonds is 6. The third kappa shape index (κ3) is 6.28. The molecule has 39 heavy (non-hydrogen) atoms. The molecule has 2 heteroatoms. The Morgan fingerprint density at radius 3 is 1.38 bits per heavy atom. The molecular weight excluding hydrogens is 472 g/mol. The minimum absolute atomic E-state index is 0.717. The lowest BCUT2D eigenvalue weighted by atomic mass is 9.77. The highest BCUT2D eigenvalue weighted by molar-refractivity contribution is 5.16. The molecule has 1 aliphatic heterocycles. The highest BCUT2D eigenvalue weighted by atomic mass is 15.2. The zero-order chi connectivity index (χ0) is 27.5. The maximum atomic E-state index is 3.08. The van der Waals surface area contributed by atoms with E-state index in [-0.39, 0.29) is 0 Å². The van der Waals surface area contributed by atoms with Crippen LogP contribution in [0.5, 0.6) is 0 Å². The number of allylic oxidation sites excluding steroid dienone is 2. The van der Waals surface area contributed by atoms with Gasteiger partial charge in [0.05, 0.1) is 0 Å². The summed E-state index contributed by atoms with van der Waals surface area (Å²) in [6.07, 6.45) is 29.1. The van der Waals surface area contributed by atoms with E-state index < -0.39 is 0 Å². The molecule has 4 aliphatic carbocycles. The minimum atomic E-state index is 0.717. The van der Waals surface area contributed by atoms with Gasteiger partial charge in [-0.15, -0.1) is 0 Å². The molecule has 0 N–H and O–H groups in total. The summed E-state index contributed by atoms with van der Waals surface area (Å²) in [5, 5.41) is 0. The smallest absolute Gasteiger partial charge is 0.0167 e. The van der Waals surface area contributed by atoms with Crippen LogP contribution in [-0.4, -0.2) is 47.1 Å². The van der Waals surface area contributed by atoms with E-state index in [1.165, 1.54) is 96.6 Å². The van der Waals surface area contributed by atoms with Crippen LogP contribution in [0.1, 0.15) is 125 Å². The fraction of sp³-hybridized carbons (Fsp3) is 0.892. The van der Waals surface area contributed by atoms with E-state index >= 15 is 0 Å². The van der Waals surface area contributed by atoms with Gasteiger partial charge >= 0.3 is 0 Å². The zero-order valence-corrected chi connectivity index (χ0v) is 26.7. The summed E-state index contributed by atoms with van der Waals surface area (Å²) in [6, 6.07) is 2.93. The van der Waals surface area contributed by atoms with Crippen molar-refractivity contribution in [2.75, 3.05) is 13.1 Å². The van der Waals surface area contributed by atoms with Crippen LogP contribution >= 0.6 is 0 Å². The van der Waals surface area contributed by atoms with Crippen molar-refractivity contribution in [3.63, 3.8) is 0 Å². The van der Waals surface area contributed by atoms with Crippen LogP contribution in [-0.2, 0) is 0 Å². The predicted molar refractivity (Wildman–Crippen MR) is 169 cm³/mol. The van der Waals surface area contributed by atoms with Crippen molar-refractivity contribution in [1.29, 1.82) is 0 Å². The molecule has 0 aromatic carbocycles. The molecule has 1 heterocycles. The molecule has 5 rings (SSSR count). The first kappa shape index (κ1) is 29.9. The van der Waals surface area contributed by atoms with E-state index in [4.69, 9.17) is 0 Å². The fourth-order valence-electron chi connectivity index (χ4n) is 11.0. The van der Waals surface area contributed by atoms with E-state index in [1.54, 1.807) is 0 Å². The molecule has 5 aliphatic rings. The van der Waals surface area contributed by atoms with Crippen LogP contribution in [0, 0.1) is 47.3 Å². The number of hydrogen-bond donors (Lipinski definition) is 0. The van der Waals surface area contributed by atoms with E-state index in [1.807, 2.05) is 0 Å². The Labute approximate surface area is 243 Å². The van der Waals surface area contributed by atoms with Gasteiger partial charge < -0.3 is 0 Å². The molecule has 0 saturated heterocycles. The lowest BCUT2D eigenvalue weighted by molar-refractivity contribution is 0.0515. The second-order valence-electron chi connectivity index (χ2n) is 15.2. The SMILES string of the molecule is CCC(C(C)C)N1CCCN(C(CC)C(C)C)[C@H]2CC3CCCC[C@@H]3[C@H]2/C=C/C=C/[C@@H]2C3CCCC[C@@H]3CC21. The van der Waals surface area contributed by atoms with Crippen LogP contribution in [0.3, 0.4) is 0 Å². The Kier molecular flexibility index (Phi) is 10.4. The standard InChI is InChI=1S/C37H64N2/c1-7-34(26(3)4)38-22-15-23-39(35(8-2)27(5)6)37-25-29-17-10-12-19-31(29)33(37)21-14-13-20-32-30-18-11-9-16-28(30)24-36(32)38/h13-14,20-21,26-37H,7-12,15-19,22-25H2,1-6H3/b20-13+,21-14+/t28-,29?,30?,31+,32-,33-,34?,35?,36?,37+/m1/s1. The summed E-state index contributed by atoms with van der Waals surface area (Å²) in [5.41, 5.74) is 0. The van der Waals surface area contributed by atoms with E-state index in [0.717, 1.165) is 59.4 Å². The third-order valence-electron chi connectivity index (χ3n) is 12.6. The Morgan fingerprint density at radius 1 is 0.590 bits per heavy atom. The first-order valence-corrected chi connectivity index (χ1v) is 17.8. The molecular formula is C37H64N2. The van der Waals surface area contributed by atoms with Crippen LogP contribution in [0.2, 0.25) is 0 Å². The van der Waals surface area contributed by atoms with Crippen LogP contribution < -0.4 is 0 Å². The average molecular weight is 537 g/mol. The Hall–Kier alpha value is -0.600. The van der Waals surface area contributed by atoms with Crippen molar-refractivity contribution < 1.29 is 0 Å². The number of fused-ring (bicyclic) bond motifs is 6. The van der Waals surface area contributed by atoms with Crippen molar-refractivity contribution >= 4 is 0 Å². The maximum absolute atomic E-state index is 3.08. The van der Waals surface area contributed by atoms with Gasteiger partial charge in [-0.05, 0) is 105 Å². The van der Waals surface area contributed by atoms with Crippen LogP contribution in [0.4, 0.5) is 0 Å². The van der Waals surface area contributed by atoms with Gasteiger partial charge in [0, 0.05) is 24.2 Å². The molecule has 0 bridgehead atoms. The molecule has 4 saturated carbocycles. The van der Waals surface area contributed by atoms with E-state index in [2.05, 4.69) is 75.6 Å². The highest BCUT2D eigenvalue weighted by Gasteiger charge is 2.48. The summed E-state index contributed by atoms with van der Waals surface area (Å²) >= 11 is 0. The minimum Gasteiger partial charge on any atom is -0.297 e. The number of nitrogens with zero attached hydrogens (tertiary/aromatic N) is 2. The molecule has 0 aromatic rings. The molecule has 2 nitrogen and oxygen atoms in total. The van der Waals surface area contributed by atoms with Gasteiger partial charge in [-0.2, -0.15) is 0 Å². The van der Waals surface area contributed by atoms with Crippen molar-refractivity contribution in [3.8, 4) is 0 Å². The predicted octanol–water partition coefficient (Wildman–Crippen LogP) is 9.37. The molecule has 10 atom stereocenters. The second-order valence-corrected chi connectivity index (χ2v) is 15.2. The summed E-state index contributed by atoms with van der Waals surface area (Å²) in [5.74, 6) is 6.75. The zero-order valence-electron chi connectivity index (χ0n) is 26.7. The third-order valence-corrected chi connectivity index (χ3v) is 12.6. The molecule has 0 aromatic heterocycles. The lowest BCUT2D eigenvalue weighted by Crippen LogP contribution is -2.51.